The first-order valence-electron chi connectivity index (χ1n) is 5.29. The highest BCUT2D eigenvalue weighted by Gasteiger charge is 2.19. The van der Waals surface area contributed by atoms with Gasteiger partial charge in [-0.25, -0.2) is 8.42 Å². The molecule has 1 aromatic carbocycles. The zero-order valence-electron chi connectivity index (χ0n) is 10.0. The van der Waals surface area contributed by atoms with Crippen LogP contribution < -0.4 is 5.73 Å². The number of aryl methyl sites for hydroxylation is 1. The molecule has 0 aliphatic rings. The predicted octanol–water partition coefficient (Wildman–Crippen LogP) is 1.90. The lowest BCUT2D eigenvalue weighted by Crippen LogP contribution is -2.34. The number of rotatable bonds is 4. The minimum Gasteiger partial charge on any atom is -0.326 e. The summed E-state index contributed by atoms with van der Waals surface area (Å²) in [5.41, 5.74) is 6.29. The highest BCUT2D eigenvalue weighted by atomic mass is 32.2. The summed E-state index contributed by atoms with van der Waals surface area (Å²) in [6.45, 7) is 5.55. The molecule has 1 aromatic rings. The second kappa shape index (κ2) is 4.55. The van der Waals surface area contributed by atoms with Crippen molar-refractivity contribution in [1.82, 2.24) is 0 Å². The predicted molar refractivity (Wildman–Crippen MR) is 66.1 cm³/mol. The van der Waals surface area contributed by atoms with E-state index < -0.39 is 15.4 Å². The second-order valence-electron chi connectivity index (χ2n) is 4.87. The smallest absolute Gasteiger partial charge is 0.178 e. The van der Waals surface area contributed by atoms with Crippen molar-refractivity contribution in [2.24, 2.45) is 5.73 Å². The Balaban J connectivity index is 2.87. The molecule has 2 N–H and O–H groups in total. The Bertz CT molecular complexity index is 458. The van der Waals surface area contributed by atoms with Crippen LogP contribution in [-0.4, -0.2) is 19.7 Å². The zero-order chi connectivity index (χ0) is 12.4. The van der Waals surface area contributed by atoms with E-state index in [1.54, 1.807) is 18.2 Å². The number of benzene rings is 1. The van der Waals surface area contributed by atoms with Gasteiger partial charge in [-0.1, -0.05) is 12.1 Å². The van der Waals surface area contributed by atoms with E-state index in [0.29, 0.717) is 11.3 Å². The van der Waals surface area contributed by atoms with Crippen LogP contribution in [0.15, 0.2) is 29.2 Å². The van der Waals surface area contributed by atoms with Gasteiger partial charge in [0.15, 0.2) is 9.84 Å². The molecule has 0 amide bonds. The molecule has 0 saturated heterocycles. The minimum absolute atomic E-state index is 0.0972. The van der Waals surface area contributed by atoms with Crippen LogP contribution in [0.2, 0.25) is 0 Å². The molecular formula is C12H19NO2S. The molecule has 0 heterocycles. The van der Waals surface area contributed by atoms with Gasteiger partial charge in [-0.2, -0.15) is 0 Å². The van der Waals surface area contributed by atoms with Crippen LogP contribution >= 0.6 is 0 Å². The van der Waals surface area contributed by atoms with Crippen LogP contribution in [0.3, 0.4) is 0 Å². The third-order valence-electron chi connectivity index (χ3n) is 2.36. The molecule has 0 spiro atoms. The lowest BCUT2D eigenvalue weighted by Gasteiger charge is -2.18. The molecule has 0 bridgehead atoms. The fraction of sp³-hybridized carbons (Fsp3) is 0.500. The van der Waals surface area contributed by atoms with Crippen molar-refractivity contribution in [3.05, 3.63) is 29.8 Å². The third-order valence-corrected chi connectivity index (χ3v) is 4.08. The SMILES string of the molecule is Cc1cccc(S(=O)(=O)CCC(C)(C)N)c1. The Morgan fingerprint density at radius 3 is 2.44 bits per heavy atom. The van der Waals surface area contributed by atoms with Gasteiger partial charge < -0.3 is 5.73 Å². The van der Waals surface area contributed by atoms with Gasteiger partial charge in [0.25, 0.3) is 0 Å². The first-order valence-corrected chi connectivity index (χ1v) is 6.94. The van der Waals surface area contributed by atoms with Crippen molar-refractivity contribution in [1.29, 1.82) is 0 Å². The molecule has 3 nitrogen and oxygen atoms in total. The Morgan fingerprint density at radius 1 is 1.31 bits per heavy atom. The molecule has 0 fully saturated rings. The number of hydrogen-bond donors (Lipinski definition) is 1. The second-order valence-corrected chi connectivity index (χ2v) is 6.98. The van der Waals surface area contributed by atoms with Gasteiger partial charge >= 0.3 is 0 Å². The summed E-state index contributed by atoms with van der Waals surface area (Å²) >= 11 is 0. The van der Waals surface area contributed by atoms with E-state index in [1.165, 1.54) is 0 Å². The van der Waals surface area contributed by atoms with E-state index in [4.69, 9.17) is 5.73 Å². The van der Waals surface area contributed by atoms with E-state index in [2.05, 4.69) is 0 Å². The molecule has 1 rings (SSSR count). The van der Waals surface area contributed by atoms with Crippen molar-refractivity contribution in [2.75, 3.05) is 5.75 Å². The van der Waals surface area contributed by atoms with E-state index >= 15 is 0 Å². The Kier molecular flexibility index (Phi) is 3.76. The molecule has 0 aliphatic carbocycles. The Hall–Kier alpha value is -0.870. The van der Waals surface area contributed by atoms with Crippen LogP contribution in [0.5, 0.6) is 0 Å². The average Bonchev–Trinajstić information content (AvgIpc) is 2.14. The summed E-state index contributed by atoms with van der Waals surface area (Å²) in [6.07, 6.45) is 0.462. The maximum Gasteiger partial charge on any atom is 0.178 e. The normalized spacial score (nSPS) is 12.8. The van der Waals surface area contributed by atoms with Crippen LogP contribution in [0.4, 0.5) is 0 Å². The Labute approximate surface area is 97.6 Å². The fourth-order valence-electron chi connectivity index (χ4n) is 1.32. The van der Waals surface area contributed by atoms with E-state index in [-0.39, 0.29) is 5.75 Å². The van der Waals surface area contributed by atoms with E-state index in [0.717, 1.165) is 5.56 Å². The maximum absolute atomic E-state index is 12.0. The molecule has 90 valence electrons. The van der Waals surface area contributed by atoms with Gasteiger partial charge in [0.1, 0.15) is 0 Å². The van der Waals surface area contributed by atoms with Crippen molar-refractivity contribution in [3.8, 4) is 0 Å². The summed E-state index contributed by atoms with van der Waals surface area (Å²) in [6, 6.07) is 6.96. The van der Waals surface area contributed by atoms with E-state index in [9.17, 15) is 8.42 Å². The summed E-state index contributed by atoms with van der Waals surface area (Å²) in [4.78, 5) is 0.386. The summed E-state index contributed by atoms with van der Waals surface area (Å²) < 4.78 is 24.0. The quantitative estimate of drug-likeness (QED) is 0.875. The maximum atomic E-state index is 12.0. The first kappa shape index (κ1) is 13.2. The van der Waals surface area contributed by atoms with E-state index in [1.807, 2.05) is 26.8 Å². The van der Waals surface area contributed by atoms with Gasteiger partial charge in [-0.3, -0.25) is 0 Å². The van der Waals surface area contributed by atoms with Crippen LogP contribution in [0.1, 0.15) is 25.8 Å². The van der Waals surface area contributed by atoms with Gasteiger partial charge in [0.05, 0.1) is 10.6 Å². The topological polar surface area (TPSA) is 60.2 Å². The molecule has 16 heavy (non-hydrogen) atoms. The highest BCUT2D eigenvalue weighted by Crippen LogP contribution is 2.16. The monoisotopic (exact) mass is 241 g/mol. The van der Waals surface area contributed by atoms with Gasteiger partial charge in [0, 0.05) is 5.54 Å². The first-order chi connectivity index (χ1) is 7.21. The summed E-state index contributed by atoms with van der Waals surface area (Å²) in [5, 5.41) is 0. The Morgan fingerprint density at radius 2 is 1.94 bits per heavy atom. The van der Waals surface area contributed by atoms with Crippen molar-refractivity contribution < 1.29 is 8.42 Å². The van der Waals surface area contributed by atoms with Crippen molar-refractivity contribution >= 4 is 9.84 Å². The number of hydrogen-bond acceptors (Lipinski definition) is 3. The lowest BCUT2D eigenvalue weighted by atomic mass is 10.0. The molecule has 4 heteroatoms. The van der Waals surface area contributed by atoms with Crippen LogP contribution in [0, 0.1) is 6.92 Å². The third kappa shape index (κ3) is 3.94. The van der Waals surface area contributed by atoms with Crippen LogP contribution in [0.25, 0.3) is 0 Å². The highest BCUT2D eigenvalue weighted by molar-refractivity contribution is 7.91. The summed E-state index contributed by atoms with van der Waals surface area (Å²) in [5.74, 6) is 0.0972. The number of nitrogens with two attached hydrogens (primary N) is 1. The molecular weight excluding hydrogens is 222 g/mol. The number of sulfone groups is 1. The van der Waals surface area contributed by atoms with Gasteiger partial charge in [-0.15, -0.1) is 0 Å². The lowest BCUT2D eigenvalue weighted by molar-refractivity contribution is 0.495. The van der Waals surface area contributed by atoms with Crippen molar-refractivity contribution in [2.45, 2.75) is 37.6 Å². The minimum atomic E-state index is -3.20. The standard InChI is InChI=1S/C12H19NO2S/c1-10-5-4-6-11(9-10)16(14,15)8-7-12(2,3)13/h4-6,9H,7-8,13H2,1-3H3. The molecule has 0 unspecified atom stereocenters. The van der Waals surface area contributed by atoms with Gasteiger partial charge in [-0.05, 0) is 44.9 Å². The molecule has 0 aromatic heterocycles. The molecule has 0 radical (unpaired) electrons. The molecule has 0 saturated carbocycles. The fourth-order valence-corrected chi connectivity index (χ4v) is 3.01. The summed E-state index contributed by atoms with van der Waals surface area (Å²) in [7, 11) is -3.20. The van der Waals surface area contributed by atoms with Crippen molar-refractivity contribution in [3.63, 3.8) is 0 Å². The molecule has 0 aliphatic heterocycles. The zero-order valence-corrected chi connectivity index (χ0v) is 10.8. The largest absolute Gasteiger partial charge is 0.326 e. The van der Waals surface area contributed by atoms with Crippen LogP contribution in [-0.2, 0) is 9.84 Å². The van der Waals surface area contributed by atoms with Gasteiger partial charge in [0.2, 0.25) is 0 Å². The molecule has 0 atom stereocenters. The average molecular weight is 241 g/mol.